The number of pyridine rings is 1. The zero-order valence-corrected chi connectivity index (χ0v) is 21.8. The zero-order chi connectivity index (χ0) is 27.5. The van der Waals surface area contributed by atoms with E-state index in [1.165, 1.54) is 0 Å². The Morgan fingerprint density at radius 2 is 1.60 bits per heavy atom. The fourth-order valence-corrected chi connectivity index (χ4v) is 4.78. The summed E-state index contributed by atoms with van der Waals surface area (Å²) >= 11 is 0. The quantitative estimate of drug-likeness (QED) is 0.239. The summed E-state index contributed by atoms with van der Waals surface area (Å²) in [6.07, 6.45) is 2.14. The van der Waals surface area contributed by atoms with Gasteiger partial charge in [0.05, 0.1) is 11.2 Å². The molecule has 6 rings (SSSR count). The highest BCUT2D eigenvalue weighted by molar-refractivity contribution is 6.09. The van der Waals surface area contributed by atoms with Gasteiger partial charge in [-0.05, 0) is 68.3 Å². The Kier molecular flexibility index (Phi) is 6.80. The zero-order valence-electron chi connectivity index (χ0n) is 21.8. The number of rotatable bonds is 6. The van der Waals surface area contributed by atoms with E-state index in [1.54, 1.807) is 30.3 Å². The molecule has 3 aromatic carbocycles. The summed E-state index contributed by atoms with van der Waals surface area (Å²) in [5.41, 5.74) is 6.41. The first kappa shape index (κ1) is 25.1. The number of carbonyl (C=O) groups excluding carboxylic acids is 2. The highest BCUT2D eigenvalue weighted by atomic mass is 16.5. The van der Waals surface area contributed by atoms with Crippen molar-refractivity contribution in [1.29, 1.82) is 0 Å². The minimum Gasteiger partial charge on any atom is -0.457 e. The summed E-state index contributed by atoms with van der Waals surface area (Å²) in [5.74, 6) is 1.56. The van der Waals surface area contributed by atoms with Crippen LogP contribution in [0.4, 0.5) is 5.69 Å². The van der Waals surface area contributed by atoms with Crippen LogP contribution < -0.4 is 15.5 Å². The number of hydrazone groups is 1. The SMILES string of the molecule is Cc1c(C(=O)Nc2ccc(Oc3ccccc3)cc2)oc2c1/C(=N/NC(=O)c1ccc3ccccc3n1)CCC2. The van der Waals surface area contributed by atoms with E-state index < -0.39 is 5.91 Å². The van der Waals surface area contributed by atoms with Crippen LogP contribution in [0.5, 0.6) is 11.5 Å². The number of hydrogen-bond acceptors (Lipinski definition) is 6. The normalized spacial score (nSPS) is 13.6. The summed E-state index contributed by atoms with van der Waals surface area (Å²) < 4.78 is 11.8. The summed E-state index contributed by atoms with van der Waals surface area (Å²) in [7, 11) is 0. The number of amides is 2. The van der Waals surface area contributed by atoms with Crippen LogP contribution in [-0.4, -0.2) is 22.5 Å². The van der Waals surface area contributed by atoms with Crippen molar-refractivity contribution >= 4 is 34.1 Å². The van der Waals surface area contributed by atoms with Gasteiger partial charge in [-0.2, -0.15) is 5.10 Å². The molecule has 5 aromatic rings. The molecule has 198 valence electrons. The van der Waals surface area contributed by atoms with Crippen LogP contribution >= 0.6 is 0 Å². The molecule has 1 aliphatic rings. The molecule has 1 aliphatic carbocycles. The number of fused-ring (bicyclic) bond motifs is 2. The number of aromatic nitrogens is 1. The number of nitrogens with one attached hydrogen (secondary N) is 2. The van der Waals surface area contributed by atoms with Gasteiger partial charge in [0.2, 0.25) is 0 Å². The summed E-state index contributed by atoms with van der Waals surface area (Å²) in [5, 5.41) is 8.27. The van der Waals surface area contributed by atoms with E-state index in [-0.39, 0.29) is 17.4 Å². The fourth-order valence-electron chi connectivity index (χ4n) is 4.78. The van der Waals surface area contributed by atoms with Crippen LogP contribution in [0.1, 0.15) is 50.8 Å². The number of anilines is 1. The lowest BCUT2D eigenvalue weighted by atomic mass is 9.93. The number of nitrogens with zero attached hydrogens (tertiary/aromatic N) is 2. The maximum Gasteiger partial charge on any atom is 0.291 e. The summed E-state index contributed by atoms with van der Waals surface area (Å²) in [4.78, 5) is 30.4. The van der Waals surface area contributed by atoms with Gasteiger partial charge in [-0.1, -0.05) is 42.5 Å². The first-order valence-electron chi connectivity index (χ1n) is 13.0. The Morgan fingerprint density at radius 3 is 2.42 bits per heavy atom. The Morgan fingerprint density at radius 1 is 0.850 bits per heavy atom. The van der Waals surface area contributed by atoms with E-state index in [0.717, 1.165) is 28.6 Å². The van der Waals surface area contributed by atoms with E-state index in [2.05, 4.69) is 20.8 Å². The Balaban J connectivity index is 1.16. The van der Waals surface area contributed by atoms with Gasteiger partial charge in [-0.25, -0.2) is 10.4 Å². The van der Waals surface area contributed by atoms with E-state index in [0.29, 0.717) is 41.3 Å². The largest absolute Gasteiger partial charge is 0.457 e. The predicted octanol–water partition coefficient (Wildman–Crippen LogP) is 6.65. The fraction of sp³-hybridized carbons (Fsp3) is 0.125. The van der Waals surface area contributed by atoms with Gasteiger partial charge in [0.1, 0.15) is 23.0 Å². The molecule has 40 heavy (non-hydrogen) atoms. The van der Waals surface area contributed by atoms with E-state index in [9.17, 15) is 9.59 Å². The Labute approximate surface area is 230 Å². The van der Waals surface area contributed by atoms with Gasteiger partial charge in [0.25, 0.3) is 11.8 Å². The third-order valence-electron chi connectivity index (χ3n) is 6.75. The number of hydrogen-bond donors (Lipinski definition) is 2. The molecule has 0 radical (unpaired) electrons. The highest BCUT2D eigenvalue weighted by Crippen LogP contribution is 2.31. The van der Waals surface area contributed by atoms with Crippen molar-refractivity contribution in [3.63, 3.8) is 0 Å². The van der Waals surface area contributed by atoms with Gasteiger partial charge in [0.15, 0.2) is 5.76 Å². The van der Waals surface area contributed by atoms with Gasteiger partial charge >= 0.3 is 0 Å². The van der Waals surface area contributed by atoms with E-state index in [1.807, 2.05) is 67.6 Å². The molecule has 2 amide bonds. The van der Waals surface area contributed by atoms with Crippen LogP contribution in [0.15, 0.2) is 101 Å². The van der Waals surface area contributed by atoms with Crippen LogP contribution in [0, 0.1) is 6.92 Å². The molecule has 2 aromatic heterocycles. The minimum absolute atomic E-state index is 0.228. The van der Waals surface area contributed by atoms with Gasteiger partial charge in [-0.15, -0.1) is 0 Å². The lowest BCUT2D eigenvalue weighted by Gasteiger charge is -2.13. The Hall–Kier alpha value is -5.24. The molecule has 0 unspecified atom stereocenters. The molecular formula is C32H26N4O4. The van der Waals surface area contributed by atoms with E-state index >= 15 is 0 Å². The maximum atomic E-state index is 13.1. The van der Waals surface area contributed by atoms with Crippen molar-refractivity contribution in [2.24, 2.45) is 5.10 Å². The first-order valence-corrected chi connectivity index (χ1v) is 13.0. The van der Waals surface area contributed by atoms with E-state index in [4.69, 9.17) is 9.15 Å². The second-order valence-electron chi connectivity index (χ2n) is 9.49. The Bertz CT molecular complexity index is 1740. The molecule has 0 aliphatic heterocycles. The standard InChI is InChI=1S/C32H26N4O4/c1-20-29-26(35-36-31(37)27-19-14-21-8-5-6-11-25(21)34-27)12-7-13-28(29)40-30(20)32(38)33-22-15-17-24(18-16-22)39-23-9-3-2-4-10-23/h2-6,8-11,14-19H,7,12-13H2,1H3,(H,33,38)(H,36,37)/b35-26+. The van der Waals surface area contributed by atoms with Gasteiger partial charge < -0.3 is 14.5 Å². The molecule has 2 heterocycles. The monoisotopic (exact) mass is 530 g/mol. The van der Waals surface area contributed by atoms with Crippen molar-refractivity contribution < 1.29 is 18.7 Å². The predicted molar refractivity (Wildman–Crippen MR) is 153 cm³/mol. The number of para-hydroxylation sites is 2. The third kappa shape index (κ3) is 5.19. The van der Waals surface area contributed by atoms with Crippen molar-refractivity contribution in [1.82, 2.24) is 10.4 Å². The second-order valence-corrected chi connectivity index (χ2v) is 9.49. The molecule has 0 bridgehead atoms. The molecule has 8 nitrogen and oxygen atoms in total. The van der Waals surface area contributed by atoms with Crippen molar-refractivity contribution in [2.45, 2.75) is 26.2 Å². The van der Waals surface area contributed by atoms with Gasteiger partial charge in [0, 0.05) is 28.6 Å². The van der Waals surface area contributed by atoms with Gasteiger partial charge in [-0.3, -0.25) is 9.59 Å². The lowest BCUT2D eigenvalue weighted by Crippen LogP contribution is -2.23. The van der Waals surface area contributed by atoms with Crippen LogP contribution in [0.2, 0.25) is 0 Å². The number of ether oxygens (including phenoxy) is 1. The molecule has 0 spiro atoms. The molecule has 0 atom stereocenters. The molecule has 0 saturated carbocycles. The minimum atomic E-state index is -0.399. The topological polar surface area (TPSA) is 106 Å². The smallest absolute Gasteiger partial charge is 0.291 e. The molecule has 8 heteroatoms. The average Bonchev–Trinajstić information content (AvgIpc) is 3.34. The second kappa shape index (κ2) is 10.9. The van der Waals surface area contributed by atoms with Crippen LogP contribution in [0.3, 0.4) is 0 Å². The molecule has 0 fully saturated rings. The number of carbonyl (C=O) groups is 2. The van der Waals surface area contributed by atoms with Crippen LogP contribution in [-0.2, 0) is 6.42 Å². The van der Waals surface area contributed by atoms with Crippen molar-refractivity contribution in [3.05, 3.63) is 119 Å². The number of furan rings is 1. The first-order chi connectivity index (χ1) is 19.5. The highest BCUT2D eigenvalue weighted by Gasteiger charge is 2.28. The third-order valence-corrected chi connectivity index (χ3v) is 6.75. The number of benzene rings is 3. The number of aryl methyl sites for hydroxylation is 1. The summed E-state index contributed by atoms with van der Waals surface area (Å²) in [6, 6.07) is 27.8. The molecule has 2 N–H and O–H groups in total. The van der Waals surface area contributed by atoms with Crippen molar-refractivity contribution in [3.8, 4) is 11.5 Å². The van der Waals surface area contributed by atoms with Crippen molar-refractivity contribution in [2.75, 3.05) is 5.32 Å². The summed E-state index contributed by atoms with van der Waals surface area (Å²) in [6.45, 7) is 1.83. The lowest BCUT2D eigenvalue weighted by molar-refractivity contribution is 0.0949. The van der Waals surface area contributed by atoms with Crippen LogP contribution in [0.25, 0.3) is 10.9 Å². The maximum absolute atomic E-state index is 13.1. The molecule has 0 saturated heterocycles. The molecular weight excluding hydrogens is 504 g/mol. The average molecular weight is 531 g/mol.